The van der Waals surface area contributed by atoms with Crippen molar-refractivity contribution in [3.05, 3.63) is 30.1 Å². The first-order chi connectivity index (χ1) is 8.94. The summed E-state index contributed by atoms with van der Waals surface area (Å²) in [6.07, 6.45) is 1.77. The highest BCUT2D eigenvalue weighted by atomic mass is 35.5. The SMILES string of the molecule is CN(CC(C)(C)CN)C(=O)CSCc1ccccn1.Cl.Cl. The Labute approximate surface area is 144 Å². The minimum Gasteiger partial charge on any atom is -0.344 e. The molecule has 4 nitrogen and oxygen atoms in total. The lowest BCUT2D eigenvalue weighted by molar-refractivity contribution is -0.128. The summed E-state index contributed by atoms with van der Waals surface area (Å²) < 4.78 is 0. The predicted molar refractivity (Wildman–Crippen MR) is 95.4 cm³/mol. The molecule has 21 heavy (non-hydrogen) atoms. The van der Waals surface area contributed by atoms with Crippen molar-refractivity contribution in [3.63, 3.8) is 0 Å². The number of pyridine rings is 1. The molecule has 2 N–H and O–H groups in total. The van der Waals surface area contributed by atoms with E-state index in [0.29, 0.717) is 18.8 Å². The molecule has 0 aliphatic heterocycles. The van der Waals surface area contributed by atoms with Gasteiger partial charge in [0.2, 0.25) is 5.91 Å². The number of carbonyl (C=O) groups excluding carboxylic acids is 1. The van der Waals surface area contributed by atoms with Gasteiger partial charge < -0.3 is 10.6 Å². The van der Waals surface area contributed by atoms with Crippen molar-refractivity contribution < 1.29 is 4.79 Å². The Balaban J connectivity index is 0. The van der Waals surface area contributed by atoms with Crippen molar-refractivity contribution in [3.8, 4) is 0 Å². The summed E-state index contributed by atoms with van der Waals surface area (Å²) in [4.78, 5) is 18.0. The second-order valence-electron chi connectivity index (χ2n) is 5.43. The van der Waals surface area contributed by atoms with Gasteiger partial charge in [0.25, 0.3) is 0 Å². The van der Waals surface area contributed by atoms with E-state index >= 15 is 0 Å². The van der Waals surface area contributed by atoms with Crippen LogP contribution in [0.4, 0.5) is 0 Å². The van der Waals surface area contributed by atoms with E-state index in [2.05, 4.69) is 18.8 Å². The molecule has 0 radical (unpaired) electrons. The van der Waals surface area contributed by atoms with Gasteiger partial charge in [-0.15, -0.1) is 36.6 Å². The molecule has 1 heterocycles. The molecule has 0 aromatic carbocycles. The van der Waals surface area contributed by atoms with Crippen LogP contribution in [-0.4, -0.2) is 41.7 Å². The zero-order valence-electron chi connectivity index (χ0n) is 12.7. The highest BCUT2D eigenvalue weighted by Crippen LogP contribution is 2.15. The molecular weight excluding hydrogens is 329 g/mol. The van der Waals surface area contributed by atoms with E-state index < -0.39 is 0 Å². The van der Waals surface area contributed by atoms with E-state index in [9.17, 15) is 4.79 Å². The van der Waals surface area contributed by atoms with Crippen LogP contribution in [0.2, 0.25) is 0 Å². The maximum Gasteiger partial charge on any atom is 0.232 e. The van der Waals surface area contributed by atoms with Gasteiger partial charge in [0.05, 0.1) is 11.4 Å². The molecule has 1 amide bonds. The van der Waals surface area contributed by atoms with Gasteiger partial charge in [-0.2, -0.15) is 0 Å². The van der Waals surface area contributed by atoms with Crippen LogP contribution < -0.4 is 5.73 Å². The zero-order chi connectivity index (χ0) is 14.3. The van der Waals surface area contributed by atoms with E-state index in [0.717, 1.165) is 11.4 Å². The number of hydrogen-bond donors (Lipinski definition) is 1. The number of rotatable bonds is 7. The van der Waals surface area contributed by atoms with Crippen LogP contribution >= 0.6 is 36.6 Å². The van der Waals surface area contributed by atoms with Crippen molar-refractivity contribution in [1.29, 1.82) is 0 Å². The molecule has 0 spiro atoms. The van der Waals surface area contributed by atoms with E-state index in [-0.39, 0.29) is 36.1 Å². The fraction of sp³-hybridized carbons (Fsp3) is 0.571. The highest BCUT2D eigenvalue weighted by Gasteiger charge is 2.20. The van der Waals surface area contributed by atoms with Crippen molar-refractivity contribution in [2.24, 2.45) is 11.1 Å². The zero-order valence-corrected chi connectivity index (χ0v) is 15.2. The number of aromatic nitrogens is 1. The van der Waals surface area contributed by atoms with Gasteiger partial charge in [-0.05, 0) is 24.1 Å². The largest absolute Gasteiger partial charge is 0.344 e. The lowest BCUT2D eigenvalue weighted by atomic mass is 9.93. The average molecular weight is 354 g/mol. The third kappa shape index (κ3) is 9.19. The Hall–Kier alpha value is -0.490. The van der Waals surface area contributed by atoms with Crippen LogP contribution in [-0.2, 0) is 10.5 Å². The summed E-state index contributed by atoms with van der Waals surface area (Å²) in [5, 5.41) is 0. The Morgan fingerprint density at radius 2 is 2.05 bits per heavy atom. The molecule has 0 aliphatic carbocycles. The molecule has 0 bridgehead atoms. The number of halogens is 2. The third-order valence-corrected chi connectivity index (χ3v) is 3.80. The number of nitrogens with zero attached hydrogens (tertiary/aromatic N) is 2. The smallest absolute Gasteiger partial charge is 0.232 e. The Morgan fingerprint density at radius 3 is 2.57 bits per heavy atom. The lowest BCUT2D eigenvalue weighted by Crippen LogP contribution is -2.40. The lowest BCUT2D eigenvalue weighted by Gasteiger charge is -2.29. The topological polar surface area (TPSA) is 59.2 Å². The first-order valence-electron chi connectivity index (χ1n) is 6.36. The van der Waals surface area contributed by atoms with Crippen LogP contribution in [0, 0.1) is 5.41 Å². The van der Waals surface area contributed by atoms with Crippen LogP contribution in [0.25, 0.3) is 0 Å². The van der Waals surface area contributed by atoms with Crippen LogP contribution in [0.1, 0.15) is 19.5 Å². The van der Waals surface area contributed by atoms with Gasteiger partial charge in [-0.1, -0.05) is 19.9 Å². The summed E-state index contributed by atoms with van der Waals surface area (Å²) in [7, 11) is 1.83. The monoisotopic (exact) mass is 353 g/mol. The summed E-state index contributed by atoms with van der Waals surface area (Å²) in [5.41, 5.74) is 6.65. The molecule has 0 saturated carbocycles. The first-order valence-corrected chi connectivity index (χ1v) is 7.52. The number of carbonyl (C=O) groups is 1. The van der Waals surface area contributed by atoms with Crippen molar-refractivity contribution in [2.75, 3.05) is 25.9 Å². The van der Waals surface area contributed by atoms with E-state index in [1.165, 1.54) is 0 Å². The number of hydrogen-bond acceptors (Lipinski definition) is 4. The van der Waals surface area contributed by atoms with Crippen molar-refractivity contribution in [2.45, 2.75) is 19.6 Å². The summed E-state index contributed by atoms with van der Waals surface area (Å²) in [5.74, 6) is 1.39. The second-order valence-corrected chi connectivity index (χ2v) is 6.42. The molecule has 0 unspecified atom stereocenters. The number of thioether (sulfide) groups is 1. The molecule has 122 valence electrons. The van der Waals surface area contributed by atoms with Crippen LogP contribution in [0.15, 0.2) is 24.4 Å². The average Bonchev–Trinajstić information content (AvgIpc) is 2.39. The van der Waals surface area contributed by atoms with Gasteiger partial charge >= 0.3 is 0 Å². The molecule has 0 atom stereocenters. The van der Waals surface area contributed by atoms with Crippen LogP contribution in [0.5, 0.6) is 0 Å². The van der Waals surface area contributed by atoms with E-state index in [1.54, 1.807) is 22.9 Å². The first kappa shape index (κ1) is 22.8. The van der Waals surface area contributed by atoms with Crippen LogP contribution in [0.3, 0.4) is 0 Å². The molecule has 1 rings (SSSR count). The van der Waals surface area contributed by atoms with Gasteiger partial charge in [-0.3, -0.25) is 9.78 Å². The Morgan fingerprint density at radius 1 is 1.38 bits per heavy atom. The molecule has 1 aromatic rings. The van der Waals surface area contributed by atoms with Gasteiger partial charge in [0, 0.05) is 25.5 Å². The Kier molecular flexibility index (Phi) is 12.1. The maximum atomic E-state index is 12.0. The summed E-state index contributed by atoms with van der Waals surface area (Å²) >= 11 is 1.59. The minimum atomic E-state index is -0.0317. The standard InChI is InChI=1S/C14H23N3OS.2ClH/c1-14(2,10-15)11-17(3)13(18)9-19-8-12-6-4-5-7-16-12;;/h4-7H,8-11,15H2,1-3H3;2*1H. The van der Waals surface area contributed by atoms with Gasteiger partial charge in [0.1, 0.15) is 0 Å². The Bertz CT molecular complexity index is 404. The fourth-order valence-electron chi connectivity index (χ4n) is 1.63. The molecule has 0 fully saturated rings. The number of nitrogens with two attached hydrogens (primary N) is 1. The van der Waals surface area contributed by atoms with E-state index in [4.69, 9.17) is 5.73 Å². The quantitative estimate of drug-likeness (QED) is 0.818. The second kappa shape index (κ2) is 11.1. The fourth-order valence-corrected chi connectivity index (χ4v) is 2.51. The third-order valence-electron chi connectivity index (χ3n) is 2.85. The summed E-state index contributed by atoms with van der Waals surface area (Å²) in [6, 6.07) is 5.82. The molecule has 0 aliphatic rings. The van der Waals surface area contributed by atoms with Crippen molar-refractivity contribution >= 4 is 42.5 Å². The summed E-state index contributed by atoms with van der Waals surface area (Å²) in [6.45, 7) is 5.40. The van der Waals surface area contributed by atoms with E-state index in [1.807, 2.05) is 25.2 Å². The molecule has 0 saturated heterocycles. The molecule has 7 heteroatoms. The normalized spacial score (nSPS) is 10.3. The van der Waals surface area contributed by atoms with Crippen molar-refractivity contribution in [1.82, 2.24) is 9.88 Å². The molecular formula is C14H25Cl2N3OS. The molecule has 1 aromatic heterocycles. The predicted octanol–water partition coefficient (Wildman–Crippen LogP) is 2.60. The number of amides is 1. The van der Waals surface area contributed by atoms with Gasteiger partial charge in [0.15, 0.2) is 0 Å². The van der Waals surface area contributed by atoms with Gasteiger partial charge in [-0.25, -0.2) is 0 Å². The highest BCUT2D eigenvalue weighted by molar-refractivity contribution is 7.99. The minimum absolute atomic E-state index is 0. The maximum absolute atomic E-state index is 12.0.